The molecule has 1 saturated heterocycles. The lowest BCUT2D eigenvalue weighted by Crippen LogP contribution is -2.50. The molecule has 0 radical (unpaired) electrons. The van der Waals surface area contributed by atoms with Gasteiger partial charge in [0.25, 0.3) is 0 Å². The van der Waals surface area contributed by atoms with Gasteiger partial charge in [-0.05, 0) is 32.8 Å². The zero-order chi connectivity index (χ0) is 12.5. The Bertz CT molecular complexity index is 423. The van der Waals surface area contributed by atoms with Crippen molar-refractivity contribution in [2.45, 2.75) is 45.7 Å². The molecular weight excluding hydrogens is 210 g/mol. The van der Waals surface area contributed by atoms with Crippen LogP contribution in [0.4, 0.5) is 0 Å². The molecule has 2 heteroatoms. The Morgan fingerprint density at radius 2 is 2.12 bits per heavy atom. The van der Waals surface area contributed by atoms with E-state index in [1.54, 1.807) is 0 Å². The first kappa shape index (κ1) is 12.3. The monoisotopic (exact) mass is 231 g/mol. The van der Waals surface area contributed by atoms with Gasteiger partial charge in [-0.1, -0.05) is 29.8 Å². The van der Waals surface area contributed by atoms with Crippen LogP contribution in [0.3, 0.4) is 0 Å². The van der Waals surface area contributed by atoms with Gasteiger partial charge in [0.2, 0.25) is 0 Å². The van der Waals surface area contributed by atoms with Crippen LogP contribution in [0.25, 0.3) is 0 Å². The lowest BCUT2D eigenvalue weighted by atomic mass is 9.89. The molecule has 2 nitrogen and oxygen atoms in total. The Kier molecular flexibility index (Phi) is 3.34. The first-order valence-electron chi connectivity index (χ1n) is 6.30. The number of rotatable bonds is 2. The third-order valence-electron chi connectivity index (χ3n) is 3.69. The van der Waals surface area contributed by atoms with Gasteiger partial charge in [0, 0.05) is 18.5 Å². The Morgan fingerprint density at radius 1 is 1.35 bits per heavy atom. The van der Waals surface area contributed by atoms with E-state index in [1.807, 2.05) is 0 Å². The highest BCUT2D eigenvalue weighted by Gasteiger charge is 2.32. The first-order chi connectivity index (χ1) is 7.97. The van der Waals surface area contributed by atoms with Gasteiger partial charge >= 0.3 is 0 Å². The lowest BCUT2D eigenvalue weighted by molar-refractivity contribution is -0.126. The molecule has 0 aromatic heterocycles. The van der Waals surface area contributed by atoms with E-state index in [0.717, 1.165) is 19.4 Å². The van der Waals surface area contributed by atoms with Gasteiger partial charge in [0.05, 0.1) is 6.54 Å². The van der Waals surface area contributed by atoms with Crippen molar-refractivity contribution in [1.29, 1.82) is 0 Å². The first-order valence-corrected chi connectivity index (χ1v) is 6.30. The second-order valence-electron chi connectivity index (χ2n) is 5.70. The Balaban J connectivity index is 2.13. The molecule has 17 heavy (non-hydrogen) atoms. The van der Waals surface area contributed by atoms with Crippen LogP contribution in [0, 0.1) is 6.92 Å². The van der Waals surface area contributed by atoms with Gasteiger partial charge in [-0.3, -0.25) is 9.69 Å². The Labute approximate surface area is 104 Å². The van der Waals surface area contributed by atoms with Crippen molar-refractivity contribution in [3.05, 3.63) is 35.4 Å². The number of benzene rings is 1. The molecule has 0 atom stereocenters. The van der Waals surface area contributed by atoms with Crippen molar-refractivity contribution < 1.29 is 4.79 Å². The van der Waals surface area contributed by atoms with Crippen LogP contribution in [0.2, 0.25) is 0 Å². The van der Waals surface area contributed by atoms with Gasteiger partial charge in [-0.2, -0.15) is 0 Å². The molecule has 1 heterocycles. The van der Waals surface area contributed by atoms with E-state index < -0.39 is 0 Å². The second kappa shape index (κ2) is 4.61. The average Bonchev–Trinajstić information content (AvgIpc) is 2.24. The van der Waals surface area contributed by atoms with Crippen LogP contribution in [-0.4, -0.2) is 22.8 Å². The molecule has 2 rings (SSSR count). The molecular formula is C15H21NO. The molecule has 92 valence electrons. The summed E-state index contributed by atoms with van der Waals surface area (Å²) in [7, 11) is 0. The molecule has 1 aromatic carbocycles. The molecule has 1 fully saturated rings. The summed E-state index contributed by atoms with van der Waals surface area (Å²) in [6.45, 7) is 8.04. The maximum absolute atomic E-state index is 11.6. The van der Waals surface area contributed by atoms with E-state index in [1.165, 1.54) is 11.1 Å². The van der Waals surface area contributed by atoms with Gasteiger partial charge in [0.1, 0.15) is 5.78 Å². The summed E-state index contributed by atoms with van der Waals surface area (Å²) in [4.78, 5) is 13.9. The van der Waals surface area contributed by atoms with E-state index in [0.29, 0.717) is 12.3 Å². The van der Waals surface area contributed by atoms with Crippen molar-refractivity contribution >= 4 is 5.78 Å². The maximum atomic E-state index is 11.6. The Morgan fingerprint density at radius 3 is 2.82 bits per heavy atom. The minimum Gasteiger partial charge on any atom is -0.298 e. The van der Waals surface area contributed by atoms with E-state index in [2.05, 4.69) is 49.9 Å². The van der Waals surface area contributed by atoms with Gasteiger partial charge in [-0.15, -0.1) is 0 Å². The highest BCUT2D eigenvalue weighted by molar-refractivity contribution is 5.81. The molecule has 1 aromatic rings. The molecule has 0 aliphatic carbocycles. The minimum absolute atomic E-state index is 0.137. The zero-order valence-electron chi connectivity index (χ0n) is 11.0. The largest absolute Gasteiger partial charge is 0.298 e. The molecule has 1 aliphatic heterocycles. The van der Waals surface area contributed by atoms with E-state index in [4.69, 9.17) is 0 Å². The van der Waals surface area contributed by atoms with E-state index in [-0.39, 0.29) is 5.54 Å². The fourth-order valence-electron chi connectivity index (χ4n) is 2.41. The van der Waals surface area contributed by atoms with Crippen LogP contribution in [-0.2, 0) is 11.3 Å². The summed E-state index contributed by atoms with van der Waals surface area (Å²) in [6.07, 6.45) is 1.70. The average molecular weight is 231 g/mol. The van der Waals surface area contributed by atoms with E-state index in [9.17, 15) is 4.79 Å². The molecule has 0 spiro atoms. The third-order valence-corrected chi connectivity index (χ3v) is 3.69. The van der Waals surface area contributed by atoms with Crippen molar-refractivity contribution in [3.8, 4) is 0 Å². The van der Waals surface area contributed by atoms with Crippen LogP contribution < -0.4 is 0 Å². The topological polar surface area (TPSA) is 20.3 Å². The number of hydrogen-bond acceptors (Lipinski definition) is 2. The van der Waals surface area contributed by atoms with Gasteiger partial charge in [0.15, 0.2) is 0 Å². The number of aryl methyl sites for hydroxylation is 1. The highest BCUT2D eigenvalue weighted by atomic mass is 16.1. The maximum Gasteiger partial charge on any atom is 0.146 e. The molecule has 1 aliphatic rings. The number of ketones is 1. The third kappa shape index (κ3) is 2.95. The lowest BCUT2D eigenvalue weighted by Gasteiger charge is -2.41. The quantitative estimate of drug-likeness (QED) is 0.780. The normalized spacial score (nSPS) is 20.5. The zero-order valence-corrected chi connectivity index (χ0v) is 11.0. The second-order valence-corrected chi connectivity index (χ2v) is 5.70. The van der Waals surface area contributed by atoms with Crippen LogP contribution in [0.1, 0.15) is 37.8 Å². The number of carbonyl (C=O) groups is 1. The van der Waals surface area contributed by atoms with Crippen molar-refractivity contribution in [3.63, 3.8) is 0 Å². The number of likely N-dealkylation sites (tertiary alicyclic amines) is 1. The smallest absolute Gasteiger partial charge is 0.146 e. The Hall–Kier alpha value is -1.15. The standard InChI is InChI=1S/C15H21NO/c1-12-5-4-6-13(9-12)10-16-11-14(17)7-8-15(16,2)3/h4-6,9H,7-8,10-11H2,1-3H3. The van der Waals surface area contributed by atoms with Crippen molar-refractivity contribution in [2.24, 2.45) is 0 Å². The van der Waals surface area contributed by atoms with Crippen LogP contribution in [0.5, 0.6) is 0 Å². The molecule has 0 N–H and O–H groups in total. The predicted molar refractivity (Wildman–Crippen MR) is 69.9 cm³/mol. The van der Waals surface area contributed by atoms with E-state index >= 15 is 0 Å². The number of piperidine rings is 1. The molecule has 0 bridgehead atoms. The number of nitrogens with zero attached hydrogens (tertiary/aromatic N) is 1. The molecule has 0 unspecified atom stereocenters. The van der Waals surface area contributed by atoms with Gasteiger partial charge in [-0.25, -0.2) is 0 Å². The van der Waals surface area contributed by atoms with Crippen LogP contribution in [0.15, 0.2) is 24.3 Å². The summed E-state index contributed by atoms with van der Waals surface area (Å²) in [5.41, 5.74) is 2.72. The number of hydrogen-bond donors (Lipinski definition) is 0. The van der Waals surface area contributed by atoms with Gasteiger partial charge < -0.3 is 0 Å². The molecule has 0 saturated carbocycles. The molecule has 0 amide bonds. The summed E-state index contributed by atoms with van der Waals surface area (Å²) in [5, 5.41) is 0. The minimum atomic E-state index is 0.137. The summed E-state index contributed by atoms with van der Waals surface area (Å²) >= 11 is 0. The van der Waals surface area contributed by atoms with Crippen LogP contribution >= 0.6 is 0 Å². The fourth-order valence-corrected chi connectivity index (χ4v) is 2.41. The number of carbonyl (C=O) groups excluding carboxylic acids is 1. The number of Topliss-reactive ketones (excluding diaryl/α,β-unsaturated/α-hetero) is 1. The van der Waals surface area contributed by atoms with Crippen molar-refractivity contribution in [2.75, 3.05) is 6.54 Å². The summed E-state index contributed by atoms with van der Waals surface area (Å²) in [5.74, 6) is 0.372. The van der Waals surface area contributed by atoms with Crippen molar-refractivity contribution in [1.82, 2.24) is 4.90 Å². The summed E-state index contributed by atoms with van der Waals surface area (Å²) < 4.78 is 0. The predicted octanol–water partition coefficient (Wildman–Crippen LogP) is 2.94. The SMILES string of the molecule is Cc1cccc(CN2CC(=O)CCC2(C)C)c1. The summed E-state index contributed by atoms with van der Waals surface area (Å²) in [6, 6.07) is 8.54. The fraction of sp³-hybridized carbons (Fsp3) is 0.533. The highest BCUT2D eigenvalue weighted by Crippen LogP contribution is 2.27.